The molecular formula is C29H32Cl2N2O3. The monoisotopic (exact) mass is 526 g/mol. The second-order valence-corrected chi connectivity index (χ2v) is 10.6. The van der Waals surface area contributed by atoms with Crippen molar-refractivity contribution in [2.24, 2.45) is 0 Å². The molecule has 0 unspecified atom stereocenters. The highest BCUT2D eigenvalue weighted by Gasteiger charge is 2.33. The van der Waals surface area contributed by atoms with Crippen LogP contribution in [0.4, 0.5) is 0 Å². The molecule has 0 aliphatic carbocycles. The third-order valence-electron chi connectivity index (χ3n) is 5.57. The number of carbonyl (C=O) groups excluding carboxylic acids is 2. The predicted octanol–water partition coefficient (Wildman–Crippen LogP) is 6.24. The van der Waals surface area contributed by atoms with Crippen LogP contribution in [0.2, 0.25) is 10.0 Å². The quantitative estimate of drug-likeness (QED) is 0.359. The first-order chi connectivity index (χ1) is 17.0. The molecule has 1 atom stereocenters. The van der Waals surface area contributed by atoms with E-state index in [4.69, 9.17) is 27.9 Å². The molecule has 0 radical (unpaired) electrons. The minimum absolute atomic E-state index is 0.126. The van der Waals surface area contributed by atoms with E-state index in [1.54, 1.807) is 23.1 Å². The predicted molar refractivity (Wildman–Crippen MR) is 146 cm³/mol. The van der Waals surface area contributed by atoms with Gasteiger partial charge in [-0.3, -0.25) is 9.59 Å². The number of ether oxygens (including phenoxy) is 1. The minimum atomic E-state index is -0.786. The topological polar surface area (TPSA) is 58.6 Å². The number of nitrogens with one attached hydrogen (secondary N) is 1. The molecule has 0 fully saturated rings. The van der Waals surface area contributed by atoms with Crippen LogP contribution in [-0.2, 0) is 22.6 Å². The van der Waals surface area contributed by atoms with E-state index in [2.05, 4.69) is 5.32 Å². The van der Waals surface area contributed by atoms with E-state index in [1.807, 2.05) is 82.3 Å². The Bertz CT molecular complexity index is 1190. The van der Waals surface area contributed by atoms with Gasteiger partial charge in [-0.15, -0.1) is 0 Å². The summed E-state index contributed by atoms with van der Waals surface area (Å²) in [5.41, 5.74) is 2.07. The van der Waals surface area contributed by atoms with Crippen molar-refractivity contribution < 1.29 is 14.3 Å². The van der Waals surface area contributed by atoms with Crippen molar-refractivity contribution >= 4 is 35.0 Å². The van der Waals surface area contributed by atoms with Gasteiger partial charge in [-0.1, -0.05) is 77.8 Å². The average Bonchev–Trinajstić information content (AvgIpc) is 2.81. The van der Waals surface area contributed by atoms with Crippen LogP contribution in [0.15, 0.2) is 72.8 Å². The number of carbonyl (C=O) groups is 2. The molecule has 0 aliphatic heterocycles. The first-order valence-corrected chi connectivity index (χ1v) is 12.6. The Balaban J connectivity index is 1.97. The Kier molecular flexibility index (Phi) is 9.41. The van der Waals surface area contributed by atoms with Crippen LogP contribution in [0.1, 0.15) is 37.5 Å². The summed E-state index contributed by atoms with van der Waals surface area (Å²) in [6.07, 6.45) is 0.337. The zero-order valence-corrected chi connectivity index (χ0v) is 22.6. The number of halogens is 2. The summed E-state index contributed by atoms with van der Waals surface area (Å²) in [4.78, 5) is 28.8. The number of para-hydroxylation sites is 1. The second-order valence-electron chi connectivity index (χ2n) is 9.76. The maximum absolute atomic E-state index is 13.7. The minimum Gasteiger partial charge on any atom is -0.484 e. The number of nitrogens with zero attached hydrogens (tertiary/aromatic N) is 1. The lowest BCUT2D eigenvalue weighted by Crippen LogP contribution is -2.55. The van der Waals surface area contributed by atoms with E-state index in [0.29, 0.717) is 27.8 Å². The van der Waals surface area contributed by atoms with Gasteiger partial charge in [0.15, 0.2) is 6.61 Å². The number of benzene rings is 3. The van der Waals surface area contributed by atoms with E-state index in [1.165, 1.54) is 0 Å². The molecule has 0 spiro atoms. The van der Waals surface area contributed by atoms with Crippen molar-refractivity contribution in [3.05, 3.63) is 99.5 Å². The molecule has 3 aromatic rings. The Morgan fingerprint density at radius 3 is 2.28 bits per heavy atom. The summed E-state index contributed by atoms with van der Waals surface area (Å²) in [6, 6.07) is 21.5. The van der Waals surface area contributed by atoms with Crippen molar-refractivity contribution in [3.8, 4) is 5.75 Å². The molecular weight excluding hydrogens is 495 g/mol. The van der Waals surface area contributed by atoms with E-state index in [0.717, 1.165) is 11.1 Å². The lowest BCUT2D eigenvalue weighted by molar-refractivity contribution is -0.143. The number of rotatable bonds is 9. The smallest absolute Gasteiger partial charge is 0.261 e. The molecule has 0 aromatic heterocycles. The summed E-state index contributed by atoms with van der Waals surface area (Å²) in [5.74, 6) is 0.0454. The maximum Gasteiger partial charge on any atom is 0.261 e. The third kappa shape index (κ3) is 8.00. The van der Waals surface area contributed by atoms with Crippen molar-refractivity contribution in [3.63, 3.8) is 0 Å². The number of amides is 2. The number of aryl methyl sites for hydroxylation is 1. The highest BCUT2D eigenvalue weighted by atomic mass is 35.5. The van der Waals surface area contributed by atoms with Crippen LogP contribution in [0.25, 0.3) is 0 Å². The fourth-order valence-electron chi connectivity index (χ4n) is 3.78. The summed E-state index contributed by atoms with van der Waals surface area (Å²) in [7, 11) is 0. The molecule has 3 aromatic carbocycles. The van der Waals surface area contributed by atoms with Gasteiger partial charge in [-0.2, -0.15) is 0 Å². The fraction of sp³-hybridized carbons (Fsp3) is 0.310. The number of hydrogen-bond acceptors (Lipinski definition) is 3. The highest BCUT2D eigenvalue weighted by Crippen LogP contribution is 2.25. The van der Waals surface area contributed by atoms with E-state index >= 15 is 0 Å². The zero-order chi connectivity index (χ0) is 26.3. The van der Waals surface area contributed by atoms with Gasteiger partial charge in [0.2, 0.25) is 5.91 Å². The van der Waals surface area contributed by atoms with Crippen LogP contribution in [0, 0.1) is 6.92 Å². The molecule has 190 valence electrons. The van der Waals surface area contributed by atoms with Gasteiger partial charge in [0, 0.05) is 28.5 Å². The molecule has 0 heterocycles. The molecule has 7 heteroatoms. The molecule has 1 N–H and O–H groups in total. The average molecular weight is 527 g/mol. The van der Waals surface area contributed by atoms with Crippen LogP contribution >= 0.6 is 23.2 Å². The van der Waals surface area contributed by atoms with Crippen LogP contribution < -0.4 is 10.1 Å². The van der Waals surface area contributed by atoms with Crippen LogP contribution in [-0.4, -0.2) is 34.9 Å². The fourth-order valence-corrected chi connectivity index (χ4v) is 4.25. The molecule has 5 nitrogen and oxygen atoms in total. The van der Waals surface area contributed by atoms with Crippen molar-refractivity contribution in [2.45, 2.75) is 52.2 Å². The first-order valence-electron chi connectivity index (χ1n) is 11.8. The standard InChI is InChI=1S/C29H32Cl2N2O3/c1-20-10-8-9-13-26(20)36-19-27(34)33(18-22-14-15-23(30)17-24(22)31)25(28(35)32-29(2,3)4)16-21-11-6-5-7-12-21/h5-15,17,25H,16,18-19H2,1-4H3,(H,32,35)/t25-/m1/s1. The van der Waals surface area contributed by atoms with E-state index in [-0.39, 0.29) is 25.0 Å². The largest absolute Gasteiger partial charge is 0.484 e. The Morgan fingerprint density at radius 2 is 1.64 bits per heavy atom. The lowest BCUT2D eigenvalue weighted by Gasteiger charge is -2.34. The molecule has 0 bridgehead atoms. The van der Waals surface area contributed by atoms with Gasteiger partial charge in [-0.05, 0) is 62.6 Å². The normalized spacial score (nSPS) is 12.1. The number of hydrogen-bond donors (Lipinski definition) is 1. The second kappa shape index (κ2) is 12.3. The van der Waals surface area contributed by atoms with Gasteiger partial charge in [-0.25, -0.2) is 0 Å². The summed E-state index contributed by atoms with van der Waals surface area (Å²) in [5, 5.41) is 3.96. The van der Waals surface area contributed by atoms with Crippen LogP contribution in [0.5, 0.6) is 5.75 Å². The third-order valence-corrected chi connectivity index (χ3v) is 6.16. The maximum atomic E-state index is 13.7. The lowest BCUT2D eigenvalue weighted by atomic mass is 10.0. The molecule has 2 amide bonds. The Morgan fingerprint density at radius 1 is 0.972 bits per heavy atom. The van der Waals surface area contributed by atoms with E-state index in [9.17, 15) is 9.59 Å². The van der Waals surface area contributed by atoms with Crippen molar-refractivity contribution in [1.29, 1.82) is 0 Å². The van der Waals surface area contributed by atoms with Gasteiger partial charge in [0.05, 0.1) is 0 Å². The molecule has 0 aliphatic rings. The van der Waals surface area contributed by atoms with Crippen molar-refractivity contribution in [1.82, 2.24) is 10.2 Å². The molecule has 0 saturated heterocycles. The van der Waals surface area contributed by atoms with Gasteiger partial charge < -0.3 is 15.0 Å². The SMILES string of the molecule is Cc1ccccc1OCC(=O)N(Cc1ccc(Cl)cc1Cl)[C@H](Cc1ccccc1)C(=O)NC(C)(C)C. The van der Waals surface area contributed by atoms with Crippen molar-refractivity contribution in [2.75, 3.05) is 6.61 Å². The van der Waals surface area contributed by atoms with E-state index < -0.39 is 11.6 Å². The summed E-state index contributed by atoms with van der Waals surface area (Å²) in [6.45, 7) is 7.56. The molecule has 36 heavy (non-hydrogen) atoms. The Hall–Kier alpha value is -3.02. The summed E-state index contributed by atoms with van der Waals surface area (Å²) >= 11 is 12.6. The zero-order valence-electron chi connectivity index (χ0n) is 21.1. The Labute approximate surface area is 223 Å². The highest BCUT2D eigenvalue weighted by molar-refractivity contribution is 6.35. The first kappa shape index (κ1) is 27.6. The molecule has 3 rings (SSSR count). The van der Waals surface area contributed by atoms with Gasteiger partial charge >= 0.3 is 0 Å². The summed E-state index contributed by atoms with van der Waals surface area (Å²) < 4.78 is 5.87. The van der Waals surface area contributed by atoms with Crippen LogP contribution in [0.3, 0.4) is 0 Å². The van der Waals surface area contributed by atoms with Gasteiger partial charge in [0.1, 0.15) is 11.8 Å². The van der Waals surface area contributed by atoms with Gasteiger partial charge in [0.25, 0.3) is 5.91 Å². The molecule has 0 saturated carbocycles.